The molecule has 3 aliphatic rings. The highest BCUT2D eigenvalue weighted by molar-refractivity contribution is 6.01. The van der Waals surface area contributed by atoms with Gasteiger partial charge in [-0.25, -0.2) is 8.78 Å². The van der Waals surface area contributed by atoms with Crippen molar-refractivity contribution >= 4 is 29.6 Å². The molecule has 3 atom stereocenters. The molecule has 8 nitrogen and oxygen atoms in total. The minimum Gasteiger partial charge on any atom is -0.374 e. The molecule has 0 bridgehead atoms. The Morgan fingerprint density at radius 2 is 1.88 bits per heavy atom. The molecule has 0 aliphatic carbocycles. The Bertz CT molecular complexity index is 862. The summed E-state index contributed by atoms with van der Waals surface area (Å²) >= 11 is 0. The summed E-state index contributed by atoms with van der Waals surface area (Å²) < 4.78 is 29.9. The number of carbonyl (C=O) groups excluding carboxylic acids is 3. The molecular formula is C22H29F2N5O3. The number of hydrogen-bond acceptors (Lipinski definition) is 6. The number of nitrogens with one attached hydrogen (secondary N) is 3. The summed E-state index contributed by atoms with van der Waals surface area (Å²) in [5.74, 6) is -1.20. The van der Waals surface area contributed by atoms with E-state index in [1.54, 1.807) is 17.0 Å². The number of imide groups is 1. The topological polar surface area (TPSA) is 93.8 Å². The lowest BCUT2D eigenvalue weighted by atomic mass is 9.96. The minimum atomic E-state index is -1.10. The fourth-order valence-electron chi connectivity index (χ4n) is 4.90. The van der Waals surface area contributed by atoms with Crippen molar-refractivity contribution in [3.05, 3.63) is 24.0 Å². The van der Waals surface area contributed by atoms with Crippen LogP contribution in [0.2, 0.25) is 0 Å². The number of hydrogen-bond donors (Lipinski definition) is 3. The van der Waals surface area contributed by atoms with Gasteiger partial charge in [0.1, 0.15) is 18.0 Å². The van der Waals surface area contributed by atoms with Gasteiger partial charge in [-0.3, -0.25) is 24.6 Å². The number of halogens is 2. The average Bonchev–Trinajstić information content (AvgIpc) is 2.77. The third-order valence-electron chi connectivity index (χ3n) is 6.68. The average molecular weight is 450 g/mol. The highest BCUT2D eigenvalue weighted by Gasteiger charge is 2.36. The molecule has 3 aliphatic heterocycles. The highest BCUT2D eigenvalue weighted by Crippen LogP contribution is 2.30. The van der Waals surface area contributed by atoms with Crippen LogP contribution >= 0.6 is 0 Å². The van der Waals surface area contributed by atoms with Crippen LogP contribution in [0.5, 0.6) is 0 Å². The molecule has 1 aromatic rings. The van der Waals surface area contributed by atoms with Gasteiger partial charge in [-0.2, -0.15) is 0 Å². The van der Waals surface area contributed by atoms with Gasteiger partial charge in [-0.15, -0.1) is 0 Å². The predicted molar refractivity (Wildman–Crippen MR) is 116 cm³/mol. The molecule has 3 amide bonds. The zero-order valence-electron chi connectivity index (χ0n) is 17.9. The van der Waals surface area contributed by atoms with Gasteiger partial charge in [0, 0.05) is 43.8 Å². The van der Waals surface area contributed by atoms with Crippen LogP contribution in [-0.4, -0.2) is 73.6 Å². The van der Waals surface area contributed by atoms with Crippen LogP contribution in [0, 0.1) is 5.82 Å². The summed E-state index contributed by atoms with van der Waals surface area (Å²) in [6.45, 7) is 2.15. The van der Waals surface area contributed by atoms with Crippen molar-refractivity contribution in [1.29, 1.82) is 0 Å². The van der Waals surface area contributed by atoms with E-state index < -0.39 is 23.9 Å². The Kier molecular flexibility index (Phi) is 6.88. The van der Waals surface area contributed by atoms with Crippen LogP contribution in [0.3, 0.4) is 0 Å². The molecule has 3 saturated heterocycles. The van der Waals surface area contributed by atoms with Crippen LogP contribution in [0.1, 0.15) is 32.1 Å². The van der Waals surface area contributed by atoms with Crippen molar-refractivity contribution in [2.24, 2.45) is 0 Å². The molecule has 3 heterocycles. The van der Waals surface area contributed by atoms with Crippen LogP contribution in [0.25, 0.3) is 0 Å². The fourth-order valence-corrected chi connectivity index (χ4v) is 4.90. The summed E-state index contributed by atoms with van der Waals surface area (Å²) in [5.41, 5.74) is 0.785. The first-order valence-corrected chi connectivity index (χ1v) is 11.2. The first-order chi connectivity index (χ1) is 15.4. The van der Waals surface area contributed by atoms with E-state index in [4.69, 9.17) is 0 Å². The van der Waals surface area contributed by atoms with Crippen molar-refractivity contribution in [3.63, 3.8) is 0 Å². The lowest BCUT2D eigenvalue weighted by Crippen LogP contribution is -2.55. The number of amides is 3. The number of likely N-dealkylation sites (tertiary alicyclic amines) is 1. The second-order valence-corrected chi connectivity index (χ2v) is 8.73. The Labute approximate surface area is 185 Å². The molecule has 0 radical (unpaired) electrons. The van der Waals surface area contributed by atoms with E-state index in [2.05, 4.69) is 20.9 Å². The van der Waals surface area contributed by atoms with E-state index in [1.165, 1.54) is 6.07 Å². The summed E-state index contributed by atoms with van der Waals surface area (Å²) in [6.07, 6.45) is 2.43. The fraction of sp³-hybridized carbons (Fsp3) is 0.591. The number of benzene rings is 1. The van der Waals surface area contributed by atoms with E-state index in [0.717, 1.165) is 32.3 Å². The van der Waals surface area contributed by atoms with E-state index in [1.807, 2.05) is 0 Å². The molecule has 1 aromatic carbocycles. The Morgan fingerprint density at radius 1 is 1.09 bits per heavy atom. The van der Waals surface area contributed by atoms with E-state index in [0.29, 0.717) is 30.8 Å². The maximum Gasteiger partial charge on any atom is 0.249 e. The standard InChI is InChI=1S/C22H29F2N5O3/c23-16-11-15(26-18-2-4-21(31)27-22(18)32)1-3-19(16)29-10-7-20(17(24)12-29)28-8-5-14(6-9-28)25-13-30/h1,3,11,13-14,17-18,20,26H,2,4-10,12H2,(H,25,30)(H,27,31,32). The Hall–Kier alpha value is -2.75. The molecule has 0 saturated carbocycles. The summed E-state index contributed by atoms with van der Waals surface area (Å²) in [7, 11) is 0. The van der Waals surface area contributed by atoms with Crippen LogP contribution in [-0.2, 0) is 14.4 Å². The number of anilines is 2. The van der Waals surface area contributed by atoms with E-state index in [9.17, 15) is 18.8 Å². The Morgan fingerprint density at radius 3 is 2.53 bits per heavy atom. The zero-order chi connectivity index (χ0) is 22.7. The molecule has 3 N–H and O–H groups in total. The van der Waals surface area contributed by atoms with Gasteiger partial charge in [-0.1, -0.05) is 0 Å². The third-order valence-corrected chi connectivity index (χ3v) is 6.68. The highest BCUT2D eigenvalue weighted by atomic mass is 19.1. The maximum absolute atomic E-state index is 15.0. The summed E-state index contributed by atoms with van der Waals surface area (Å²) in [5, 5.41) is 8.02. The van der Waals surface area contributed by atoms with Crippen molar-refractivity contribution in [1.82, 2.24) is 15.5 Å². The van der Waals surface area contributed by atoms with Gasteiger partial charge in [0.2, 0.25) is 18.2 Å². The molecule has 3 unspecified atom stereocenters. The van der Waals surface area contributed by atoms with Crippen molar-refractivity contribution < 1.29 is 23.2 Å². The number of piperidine rings is 3. The first-order valence-electron chi connectivity index (χ1n) is 11.2. The Balaban J connectivity index is 1.33. The van der Waals surface area contributed by atoms with Crippen molar-refractivity contribution in [3.8, 4) is 0 Å². The molecular weight excluding hydrogens is 420 g/mol. The summed E-state index contributed by atoms with van der Waals surface area (Å²) in [6, 6.07) is 3.96. The van der Waals surface area contributed by atoms with E-state index in [-0.39, 0.29) is 31.0 Å². The van der Waals surface area contributed by atoms with Crippen molar-refractivity contribution in [2.45, 2.75) is 56.4 Å². The normalized spacial score (nSPS) is 27.7. The van der Waals surface area contributed by atoms with Gasteiger partial charge < -0.3 is 15.5 Å². The minimum absolute atomic E-state index is 0.119. The SMILES string of the molecule is O=CNC1CCN(C2CCN(c3ccc(NC4CCC(=O)NC4=O)cc3F)CC2F)CC1. The van der Waals surface area contributed by atoms with Gasteiger partial charge in [0.15, 0.2) is 0 Å². The predicted octanol–water partition coefficient (Wildman–Crippen LogP) is 1.17. The molecule has 0 spiro atoms. The number of alkyl halides is 1. The lowest BCUT2D eigenvalue weighted by molar-refractivity contribution is -0.133. The quantitative estimate of drug-likeness (QED) is 0.446. The number of carbonyl (C=O) groups is 3. The molecule has 4 rings (SSSR count). The van der Waals surface area contributed by atoms with Gasteiger partial charge in [0.05, 0.1) is 12.2 Å². The molecule has 0 aromatic heterocycles. The largest absolute Gasteiger partial charge is 0.374 e. The summed E-state index contributed by atoms with van der Waals surface area (Å²) in [4.78, 5) is 37.6. The lowest BCUT2D eigenvalue weighted by Gasteiger charge is -2.44. The first kappa shape index (κ1) is 22.4. The van der Waals surface area contributed by atoms with Crippen LogP contribution < -0.4 is 20.9 Å². The van der Waals surface area contributed by atoms with E-state index >= 15 is 4.39 Å². The smallest absolute Gasteiger partial charge is 0.249 e. The van der Waals surface area contributed by atoms with Crippen LogP contribution in [0.4, 0.5) is 20.2 Å². The van der Waals surface area contributed by atoms with Crippen LogP contribution in [0.15, 0.2) is 18.2 Å². The maximum atomic E-state index is 15.0. The zero-order valence-corrected chi connectivity index (χ0v) is 17.9. The van der Waals surface area contributed by atoms with Gasteiger partial charge in [-0.05, 0) is 43.9 Å². The van der Waals surface area contributed by atoms with Gasteiger partial charge >= 0.3 is 0 Å². The molecule has 10 heteroatoms. The van der Waals surface area contributed by atoms with Crippen molar-refractivity contribution in [2.75, 3.05) is 36.4 Å². The molecule has 174 valence electrons. The second-order valence-electron chi connectivity index (χ2n) is 8.73. The number of nitrogens with zero attached hydrogens (tertiary/aromatic N) is 2. The molecule has 32 heavy (non-hydrogen) atoms. The number of rotatable bonds is 6. The monoisotopic (exact) mass is 449 g/mol. The van der Waals surface area contributed by atoms with Gasteiger partial charge in [0.25, 0.3) is 0 Å². The molecule has 3 fully saturated rings. The second kappa shape index (κ2) is 9.81. The third kappa shape index (κ3) is 5.01.